The lowest BCUT2D eigenvalue weighted by Crippen LogP contribution is -2.50. The molecule has 0 radical (unpaired) electrons. The normalized spacial score (nSPS) is 15.9. The molecule has 2 aromatic rings. The number of nitrogens with zero attached hydrogens (tertiary/aromatic N) is 6. The maximum atomic E-state index is 12.9. The van der Waals surface area contributed by atoms with E-state index >= 15 is 0 Å². The van der Waals surface area contributed by atoms with Gasteiger partial charge in [-0.2, -0.15) is 14.5 Å². The van der Waals surface area contributed by atoms with Crippen LogP contribution in [0.5, 0.6) is 0 Å². The molecule has 1 aliphatic heterocycles. The molecule has 28 heavy (non-hydrogen) atoms. The van der Waals surface area contributed by atoms with Crippen LogP contribution in [-0.4, -0.2) is 69.3 Å². The van der Waals surface area contributed by atoms with Crippen LogP contribution >= 0.6 is 11.6 Å². The summed E-state index contributed by atoms with van der Waals surface area (Å²) in [5, 5.41) is 8.95. The second-order valence-corrected chi connectivity index (χ2v) is 9.08. The SMILES string of the molecule is CCn1cc(S(=O)(=O)N2CCN(C(=O)CCn3ncc(Cl)c3C)CC2)c(C)n1. The molecule has 0 atom stereocenters. The molecule has 0 N–H and O–H groups in total. The van der Waals surface area contributed by atoms with Gasteiger partial charge in [-0.3, -0.25) is 14.2 Å². The van der Waals surface area contributed by atoms with E-state index < -0.39 is 10.0 Å². The summed E-state index contributed by atoms with van der Waals surface area (Å²) in [4.78, 5) is 14.4. The van der Waals surface area contributed by atoms with Gasteiger partial charge in [0, 0.05) is 45.3 Å². The highest BCUT2D eigenvalue weighted by atomic mass is 35.5. The summed E-state index contributed by atoms with van der Waals surface area (Å²) in [6.07, 6.45) is 3.43. The third kappa shape index (κ3) is 4.08. The number of hydrogen-bond acceptors (Lipinski definition) is 5. The number of hydrogen-bond donors (Lipinski definition) is 0. The Balaban J connectivity index is 1.58. The van der Waals surface area contributed by atoms with E-state index in [9.17, 15) is 13.2 Å². The van der Waals surface area contributed by atoms with Crippen molar-refractivity contribution in [2.24, 2.45) is 0 Å². The van der Waals surface area contributed by atoms with Gasteiger partial charge in [0.1, 0.15) is 4.90 Å². The van der Waals surface area contributed by atoms with Crippen LogP contribution in [0.4, 0.5) is 0 Å². The number of halogens is 1. The van der Waals surface area contributed by atoms with E-state index in [0.717, 1.165) is 5.69 Å². The predicted molar refractivity (Wildman–Crippen MR) is 105 cm³/mol. The first kappa shape index (κ1) is 20.8. The highest BCUT2D eigenvalue weighted by molar-refractivity contribution is 7.89. The molecule has 1 aliphatic rings. The Bertz CT molecular complexity index is 960. The van der Waals surface area contributed by atoms with Crippen LogP contribution in [0.3, 0.4) is 0 Å². The third-order valence-electron chi connectivity index (χ3n) is 5.02. The van der Waals surface area contributed by atoms with Gasteiger partial charge < -0.3 is 4.90 Å². The molecule has 9 nitrogen and oxygen atoms in total. The Hall–Kier alpha value is -1.91. The molecule has 0 bridgehead atoms. The highest BCUT2D eigenvalue weighted by Crippen LogP contribution is 2.21. The van der Waals surface area contributed by atoms with Crippen LogP contribution in [0.25, 0.3) is 0 Å². The van der Waals surface area contributed by atoms with E-state index in [0.29, 0.717) is 43.3 Å². The summed E-state index contributed by atoms with van der Waals surface area (Å²) < 4.78 is 30.6. The molecule has 11 heteroatoms. The van der Waals surface area contributed by atoms with Gasteiger partial charge in [0.15, 0.2) is 0 Å². The summed E-state index contributed by atoms with van der Waals surface area (Å²) in [6, 6.07) is 0. The number of carbonyl (C=O) groups is 1. The Morgan fingerprint density at radius 2 is 1.89 bits per heavy atom. The van der Waals surface area contributed by atoms with E-state index in [1.807, 2.05) is 13.8 Å². The van der Waals surface area contributed by atoms with Crippen molar-refractivity contribution in [1.29, 1.82) is 0 Å². The Morgan fingerprint density at radius 1 is 1.21 bits per heavy atom. The van der Waals surface area contributed by atoms with Crippen molar-refractivity contribution < 1.29 is 13.2 Å². The summed E-state index contributed by atoms with van der Waals surface area (Å²) in [5.74, 6) is -0.0157. The Labute approximate surface area is 169 Å². The first-order chi connectivity index (χ1) is 13.2. The number of sulfonamides is 1. The average molecular weight is 429 g/mol. The number of carbonyl (C=O) groups excluding carboxylic acids is 1. The molecule has 0 saturated carbocycles. The minimum absolute atomic E-state index is 0.0157. The van der Waals surface area contributed by atoms with Crippen molar-refractivity contribution in [3.63, 3.8) is 0 Å². The maximum absolute atomic E-state index is 12.9. The van der Waals surface area contributed by atoms with Crippen LogP contribution in [0.15, 0.2) is 17.3 Å². The summed E-state index contributed by atoms with van der Waals surface area (Å²) in [6.45, 7) is 7.82. The van der Waals surface area contributed by atoms with Gasteiger partial charge in [-0.1, -0.05) is 11.6 Å². The first-order valence-corrected chi connectivity index (χ1v) is 11.1. The molecule has 3 heterocycles. The van der Waals surface area contributed by atoms with Crippen molar-refractivity contribution in [3.05, 3.63) is 28.8 Å². The third-order valence-corrected chi connectivity index (χ3v) is 7.39. The summed E-state index contributed by atoms with van der Waals surface area (Å²) >= 11 is 5.98. The zero-order chi connectivity index (χ0) is 20.5. The topological polar surface area (TPSA) is 93.3 Å². The minimum Gasteiger partial charge on any atom is -0.340 e. The minimum atomic E-state index is -3.61. The molecule has 0 spiro atoms. The van der Waals surface area contributed by atoms with Crippen molar-refractivity contribution in [2.75, 3.05) is 26.2 Å². The van der Waals surface area contributed by atoms with Crippen molar-refractivity contribution >= 4 is 27.5 Å². The zero-order valence-corrected chi connectivity index (χ0v) is 17.9. The molecule has 0 unspecified atom stereocenters. The highest BCUT2D eigenvalue weighted by Gasteiger charge is 2.32. The first-order valence-electron chi connectivity index (χ1n) is 9.24. The molecule has 1 saturated heterocycles. The van der Waals surface area contributed by atoms with Crippen LogP contribution in [0.1, 0.15) is 24.7 Å². The van der Waals surface area contributed by atoms with Gasteiger partial charge in [0.2, 0.25) is 15.9 Å². The average Bonchev–Trinajstić information content (AvgIpc) is 3.23. The summed E-state index contributed by atoms with van der Waals surface area (Å²) in [5.41, 5.74) is 1.32. The number of piperazine rings is 1. The van der Waals surface area contributed by atoms with E-state index in [-0.39, 0.29) is 23.9 Å². The van der Waals surface area contributed by atoms with Gasteiger partial charge in [-0.25, -0.2) is 8.42 Å². The van der Waals surface area contributed by atoms with E-state index in [4.69, 9.17) is 11.6 Å². The van der Waals surface area contributed by atoms with Gasteiger partial charge in [0.05, 0.1) is 29.2 Å². The van der Waals surface area contributed by atoms with Crippen molar-refractivity contribution in [3.8, 4) is 0 Å². The summed E-state index contributed by atoms with van der Waals surface area (Å²) in [7, 11) is -3.61. The second-order valence-electron chi connectivity index (χ2n) is 6.77. The number of amides is 1. The quantitative estimate of drug-likeness (QED) is 0.691. The van der Waals surface area contributed by atoms with Crippen LogP contribution in [0, 0.1) is 13.8 Å². The lowest BCUT2D eigenvalue weighted by atomic mass is 10.3. The van der Waals surface area contributed by atoms with Gasteiger partial charge in [-0.15, -0.1) is 0 Å². The fourth-order valence-electron chi connectivity index (χ4n) is 3.24. The molecule has 3 rings (SSSR count). The second kappa shape index (κ2) is 8.22. The fourth-order valence-corrected chi connectivity index (χ4v) is 4.97. The van der Waals surface area contributed by atoms with Crippen LogP contribution < -0.4 is 0 Å². The van der Waals surface area contributed by atoms with Gasteiger partial charge >= 0.3 is 0 Å². The standard InChI is InChI=1S/C17H25ClN6O3S/c1-4-22-12-16(13(2)20-22)28(26,27)23-9-7-21(8-10-23)17(25)5-6-24-14(3)15(18)11-19-24/h11-12H,4-10H2,1-3H3. The monoisotopic (exact) mass is 428 g/mol. The van der Waals surface area contributed by atoms with Crippen LogP contribution in [0.2, 0.25) is 5.02 Å². The molecule has 1 fully saturated rings. The molecular formula is C17H25ClN6O3S. The van der Waals surface area contributed by atoms with E-state index in [2.05, 4.69) is 10.2 Å². The van der Waals surface area contributed by atoms with Gasteiger partial charge in [-0.05, 0) is 20.8 Å². The van der Waals surface area contributed by atoms with E-state index in [1.54, 1.807) is 33.6 Å². The lowest BCUT2D eigenvalue weighted by molar-refractivity contribution is -0.132. The molecule has 1 amide bonds. The zero-order valence-electron chi connectivity index (χ0n) is 16.3. The van der Waals surface area contributed by atoms with Gasteiger partial charge in [0.25, 0.3) is 0 Å². The number of aromatic nitrogens is 4. The van der Waals surface area contributed by atoms with Crippen LogP contribution in [-0.2, 0) is 27.9 Å². The fraction of sp³-hybridized carbons (Fsp3) is 0.588. The predicted octanol–water partition coefficient (Wildman–Crippen LogP) is 1.29. The number of rotatable bonds is 6. The number of aryl methyl sites for hydroxylation is 3. The molecule has 0 aromatic carbocycles. The lowest BCUT2D eigenvalue weighted by Gasteiger charge is -2.34. The Kier molecular flexibility index (Phi) is 6.11. The smallest absolute Gasteiger partial charge is 0.246 e. The molecular weight excluding hydrogens is 404 g/mol. The maximum Gasteiger partial charge on any atom is 0.246 e. The molecule has 2 aromatic heterocycles. The Morgan fingerprint density at radius 3 is 2.43 bits per heavy atom. The van der Waals surface area contributed by atoms with E-state index in [1.165, 1.54) is 4.31 Å². The van der Waals surface area contributed by atoms with Crippen molar-refractivity contribution in [2.45, 2.75) is 45.2 Å². The van der Waals surface area contributed by atoms with Crippen molar-refractivity contribution in [1.82, 2.24) is 28.8 Å². The largest absolute Gasteiger partial charge is 0.340 e. The molecule has 154 valence electrons. The molecule has 0 aliphatic carbocycles.